The van der Waals surface area contributed by atoms with Gasteiger partial charge in [0, 0.05) is 19.2 Å². The van der Waals surface area contributed by atoms with Crippen LogP contribution in [0, 0.1) is 5.82 Å². The van der Waals surface area contributed by atoms with Gasteiger partial charge in [-0.05, 0) is 12.5 Å². The Morgan fingerprint density at radius 3 is 3.00 bits per heavy atom. The Bertz CT molecular complexity index is 360. The lowest BCUT2D eigenvalue weighted by atomic mass is 10.3. The summed E-state index contributed by atoms with van der Waals surface area (Å²) in [5.74, 6) is -1.33. The summed E-state index contributed by atoms with van der Waals surface area (Å²) in [7, 11) is 0. The average molecular weight is 233 g/mol. The van der Waals surface area contributed by atoms with Crippen LogP contribution in [0.15, 0.2) is 12.3 Å². The smallest absolute Gasteiger partial charge is 0.303 e. The van der Waals surface area contributed by atoms with Crippen LogP contribution in [0.3, 0.4) is 0 Å². The molecule has 6 heteroatoms. The molecule has 0 bridgehead atoms. The van der Waals surface area contributed by atoms with Crippen molar-refractivity contribution in [2.45, 2.75) is 12.8 Å². The number of rotatable bonds is 5. The highest BCUT2D eigenvalue weighted by Gasteiger charge is 2.03. The molecule has 0 spiro atoms. The molecule has 15 heavy (non-hydrogen) atoms. The Labute approximate surface area is 91.1 Å². The molecule has 4 nitrogen and oxygen atoms in total. The number of hydrogen-bond acceptors (Lipinski definition) is 3. The number of anilines is 1. The molecule has 0 atom stereocenters. The monoisotopic (exact) mass is 232 g/mol. The van der Waals surface area contributed by atoms with E-state index in [-0.39, 0.29) is 17.3 Å². The molecule has 0 aliphatic carbocycles. The zero-order valence-corrected chi connectivity index (χ0v) is 8.59. The van der Waals surface area contributed by atoms with Crippen molar-refractivity contribution in [2.24, 2.45) is 0 Å². The fourth-order valence-electron chi connectivity index (χ4n) is 0.991. The fourth-order valence-corrected chi connectivity index (χ4v) is 1.14. The summed E-state index contributed by atoms with van der Waals surface area (Å²) in [6.07, 6.45) is 1.78. The molecular weight excluding hydrogens is 223 g/mol. The van der Waals surface area contributed by atoms with Crippen molar-refractivity contribution < 1.29 is 14.3 Å². The minimum absolute atomic E-state index is 0.0439. The van der Waals surface area contributed by atoms with E-state index >= 15 is 0 Å². The Balaban J connectivity index is 2.40. The molecule has 1 rings (SSSR count). The molecule has 0 aliphatic heterocycles. The van der Waals surface area contributed by atoms with Gasteiger partial charge in [-0.3, -0.25) is 4.79 Å². The maximum absolute atomic E-state index is 13.1. The number of aromatic nitrogens is 1. The maximum atomic E-state index is 13.1. The van der Waals surface area contributed by atoms with Gasteiger partial charge in [-0.15, -0.1) is 0 Å². The van der Waals surface area contributed by atoms with Gasteiger partial charge in [0.1, 0.15) is 0 Å². The lowest BCUT2D eigenvalue weighted by molar-refractivity contribution is -0.137. The maximum Gasteiger partial charge on any atom is 0.303 e. The molecule has 0 unspecified atom stereocenters. The highest BCUT2D eigenvalue weighted by atomic mass is 35.5. The number of nitrogens with one attached hydrogen (secondary N) is 1. The topological polar surface area (TPSA) is 62.2 Å². The molecular formula is C9H10ClFN2O2. The van der Waals surface area contributed by atoms with Crippen LogP contribution < -0.4 is 5.32 Å². The standard InChI is InChI=1S/C9H10ClFN2O2/c10-6-4-7(11)9(13-5-6)12-3-1-2-8(14)15/h4-5H,1-3H2,(H,12,13)(H,14,15). The molecule has 0 aliphatic rings. The third-order valence-electron chi connectivity index (χ3n) is 1.67. The Morgan fingerprint density at radius 2 is 2.40 bits per heavy atom. The number of halogens is 2. The van der Waals surface area contributed by atoms with Gasteiger partial charge in [0.15, 0.2) is 11.6 Å². The van der Waals surface area contributed by atoms with Gasteiger partial charge in [-0.1, -0.05) is 11.6 Å². The number of pyridine rings is 1. The van der Waals surface area contributed by atoms with E-state index in [4.69, 9.17) is 16.7 Å². The van der Waals surface area contributed by atoms with Crippen molar-refractivity contribution in [2.75, 3.05) is 11.9 Å². The van der Waals surface area contributed by atoms with Crippen molar-refractivity contribution in [3.05, 3.63) is 23.1 Å². The van der Waals surface area contributed by atoms with Crippen molar-refractivity contribution in [1.82, 2.24) is 4.98 Å². The molecule has 0 radical (unpaired) electrons. The third kappa shape index (κ3) is 4.12. The fraction of sp³-hybridized carbons (Fsp3) is 0.333. The first-order valence-corrected chi connectivity index (χ1v) is 4.74. The predicted molar refractivity (Wildman–Crippen MR) is 54.6 cm³/mol. The summed E-state index contributed by atoms with van der Waals surface area (Å²) in [6, 6.07) is 1.15. The minimum Gasteiger partial charge on any atom is -0.481 e. The Morgan fingerprint density at radius 1 is 1.67 bits per heavy atom. The zero-order valence-electron chi connectivity index (χ0n) is 7.83. The summed E-state index contributed by atoms with van der Waals surface area (Å²) in [5.41, 5.74) is 0. The van der Waals surface area contributed by atoms with E-state index < -0.39 is 11.8 Å². The van der Waals surface area contributed by atoms with Crippen LogP contribution in [0.4, 0.5) is 10.2 Å². The number of aliphatic carboxylic acids is 1. The average Bonchev–Trinajstić information content (AvgIpc) is 2.14. The SMILES string of the molecule is O=C(O)CCCNc1ncc(Cl)cc1F. The van der Waals surface area contributed by atoms with Crippen molar-refractivity contribution in [3.63, 3.8) is 0 Å². The second-order valence-electron chi connectivity index (χ2n) is 2.91. The number of carboxylic acid groups (broad SMARTS) is 1. The lowest BCUT2D eigenvalue weighted by Crippen LogP contribution is -2.07. The van der Waals surface area contributed by atoms with Crippen LogP contribution >= 0.6 is 11.6 Å². The molecule has 0 saturated heterocycles. The summed E-state index contributed by atoms with van der Waals surface area (Å²) in [4.78, 5) is 13.9. The van der Waals surface area contributed by atoms with Crippen molar-refractivity contribution in [3.8, 4) is 0 Å². The summed E-state index contributed by atoms with van der Waals surface area (Å²) in [6.45, 7) is 0.359. The van der Waals surface area contributed by atoms with Gasteiger partial charge >= 0.3 is 5.97 Å². The number of nitrogens with zero attached hydrogens (tertiary/aromatic N) is 1. The van der Waals surface area contributed by atoms with Crippen molar-refractivity contribution in [1.29, 1.82) is 0 Å². The van der Waals surface area contributed by atoms with E-state index in [0.29, 0.717) is 13.0 Å². The van der Waals surface area contributed by atoms with E-state index in [2.05, 4.69) is 10.3 Å². The van der Waals surface area contributed by atoms with Crippen LogP contribution in [0.5, 0.6) is 0 Å². The number of carbonyl (C=O) groups is 1. The van der Waals surface area contributed by atoms with E-state index in [1.165, 1.54) is 6.20 Å². The van der Waals surface area contributed by atoms with Gasteiger partial charge in [0.05, 0.1) is 5.02 Å². The largest absolute Gasteiger partial charge is 0.481 e. The van der Waals surface area contributed by atoms with E-state index in [9.17, 15) is 9.18 Å². The third-order valence-corrected chi connectivity index (χ3v) is 1.87. The minimum atomic E-state index is -0.874. The normalized spacial score (nSPS) is 10.0. The van der Waals surface area contributed by atoms with E-state index in [0.717, 1.165) is 6.07 Å². The first-order chi connectivity index (χ1) is 7.09. The lowest BCUT2D eigenvalue weighted by Gasteiger charge is -2.05. The predicted octanol–water partition coefficient (Wildman–Crippen LogP) is 2.15. The quantitative estimate of drug-likeness (QED) is 0.764. The van der Waals surface area contributed by atoms with Gasteiger partial charge in [-0.25, -0.2) is 9.37 Å². The van der Waals surface area contributed by atoms with Crippen LogP contribution in [-0.4, -0.2) is 22.6 Å². The van der Waals surface area contributed by atoms with Crippen LogP contribution in [-0.2, 0) is 4.79 Å². The van der Waals surface area contributed by atoms with Gasteiger partial charge < -0.3 is 10.4 Å². The number of carboxylic acids is 1. The molecule has 1 aromatic rings. The summed E-state index contributed by atoms with van der Waals surface area (Å²) in [5, 5.41) is 11.3. The molecule has 0 aromatic carbocycles. The molecule has 0 fully saturated rings. The first-order valence-electron chi connectivity index (χ1n) is 4.36. The van der Waals surface area contributed by atoms with Gasteiger partial charge in [0.2, 0.25) is 0 Å². The molecule has 1 heterocycles. The Kier molecular flexibility index (Phi) is 4.30. The van der Waals surface area contributed by atoms with Crippen LogP contribution in [0.2, 0.25) is 5.02 Å². The second kappa shape index (κ2) is 5.50. The highest BCUT2D eigenvalue weighted by molar-refractivity contribution is 6.30. The molecule has 1 aromatic heterocycles. The summed E-state index contributed by atoms with van der Waals surface area (Å²) < 4.78 is 13.1. The molecule has 2 N–H and O–H groups in total. The van der Waals surface area contributed by atoms with E-state index in [1.54, 1.807) is 0 Å². The van der Waals surface area contributed by atoms with Crippen molar-refractivity contribution >= 4 is 23.4 Å². The number of hydrogen-bond donors (Lipinski definition) is 2. The Hall–Kier alpha value is -1.36. The van der Waals surface area contributed by atoms with Gasteiger partial charge in [0.25, 0.3) is 0 Å². The highest BCUT2D eigenvalue weighted by Crippen LogP contribution is 2.15. The molecule has 82 valence electrons. The van der Waals surface area contributed by atoms with Gasteiger partial charge in [-0.2, -0.15) is 0 Å². The molecule has 0 amide bonds. The second-order valence-corrected chi connectivity index (χ2v) is 3.34. The zero-order chi connectivity index (χ0) is 11.3. The van der Waals surface area contributed by atoms with Crippen LogP contribution in [0.1, 0.15) is 12.8 Å². The molecule has 0 saturated carbocycles. The van der Waals surface area contributed by atoms with E-state index in [1.807, 2.05) is 0 Å². The first kappa shape index (κ1) is 11.7. The summed E-state index contributed by atoms with van der Waals surface area (Å²) >= 11 is 5.51. The van der Waals surface area contributed by atoms with Crippen LogP contribution in [0.25, 0.3) is 0 Å².